The van der Waals surface area contributed by atoms with Gasteiger partial charge in [0.05, 0.1) is 56.5 Å². The minimum Gasteiger partial charge on any atom is -0.354 e. The van der Waals surface area contributed by atoms with Crippen LogP contribution in [0, 0.1) is 5.92 Å². The lowest BCUT2D eigenvalue weighted by Crippen LogP contribution is -2.22. The quantitative estimate of drug-likeness (QED) is 0.0206. The van der Waals surface area contributed by atoms with Crippen LogP contribution >= 0.6 is 0 Å². The number of nitrogens with zero attached hydrogens (tertiary/aromatic N) is 17. The third-order valence-electron chi connectivity index (χ3n) is 20.0. The predicted molar refractivity (Wildman–Crippen MR) is 422 cm³/mol. The van der Waals surface area contributed by atoms with Crippen LogP contribution in [0.15, 0.2) is 113 Å². The summed E-state index contributed by atoms with van der Waals surface area (Å²) in [6, 6.07) is 20.6. The number of benzene rings is 2. The van der Waals surface area contributed by atoms with Gasteiger partial charge in [0.1, 0.15) is 0 Å². The Morgan fingerprint density at radius 2 is 0.843 bits per heavy atom. The summed E-state index contributed by atoms with van der Waals surface area (Å²) in [5, 5.41) is 49.4. The topological polar surface area (TPSA) is 479 Å². The van der Waals surface area contributed by atoms with Gasteiger partial charge in [0.2, 0.25) is 75.1 Å². The van der Waals surface area contributed by atoms with Gasteiger partial charge >= 0.3 is 0 Å². The highest BCUT2D eigenvalue weighted by molar-refractivity contribution is 7.90. The maximum atomic E-state index is 12.0. The number of nitrogens with one attached hydrogen (secondary N) is 11. The molecule has 115 heavy (non-hydrogen) atoms. The lowest BCUT2D eigenvalue weighted by molar-refractivity contribution is -0.125. The summed E-state index contributed by atoms with van der Waals surface area (Å²) in [6.07, 6.45) is 26.8. The Morgan fingerprint density at radius 3 is 1.23 bits per heavy atom. The Hall–Kier alpha value is -13.3. The van der Waals surface area contributed by atoms with E-state index in [4.69, 9.17) is 0 Å². The van der Waals surface area contributed by atoms with Crippen LogP contribution in [0.25, 0.3) is 46.9 Å². The number of hydrogen-bond acceptors (Lipinski definition) is 30. The Kier molecular flexibility index (Phi) is 21.3. The predicted octanol–water partition coefficient (Wildman–Crippen LogP) is 5.37. The first-order valence-electron chi connectivity index (χ1n) is 38.2. The summed E-state index contributed by atoms with van der Waals surface area (Å²) in [4.78, 5) is 132. The molecule has 8 amide bonds. The molecule has 0 radical (unpaired) electrons. The highest BCUT2D eigenvalue weighted by atomic mass is 32.2. The minimum absolute atomic E-state index is 0.00498. The van der Waals surface area contributed by atoms with E-state index < -0.39 is 21.7 Å². The number of sulfone groups is 1. The number of imide groups is 4. The van der Waals surface area contributed by atoms with Crippen molar-refractivity contribution >= 4 is 151 Å². The van der Waals surface area contributed by atoms with Crippen LogP contribution in [0.2, 0.25) is 0 Å². The number of aromatic nitrogens is 16. The van der Waals surface area contributed by atoms with Crippen molar-refractivity contribution in [3.63, 3.8) is 0 Å². The lowest BCUT2D eigenvalue weighted by Gasteiger charge is -2.15. The molecule has 9 aliphatic rings. The number of carbonyl (C=O) groups excluding carboxylic acids is 8. The van der Waals surface area contributed by atoms with Gasteiger partial charge in [-0.1, -0.05) is 48.5 Å². The number of rotatable bonds is 24. The molecule has 10 aromatic rings. The summed E-state index contributed by atoms with van der Waals surface area (Å²) in [6.45, 7) is 8.45. The van der Waals surface area contributed by atoms with Crippen molar-refractivity contribution < 1.29 is 46.8 Å². The summed E-state index contributed by atoms with van der Waals surface area (Å²) in [7, 11) is -3.71. The van der Waals surface area contributed by atoms with Crippen molar-refractivity contribution in [2.24, 2.45) is 5.92 Å². The molecule has 9 fully saturated rings. The fourth-order valence-corrected chi connectivity index (χ4v) is 13.8. The molecule has 4 aliphatic carbocycles. The van der Waals surface area contributed by atoms with Crippen molar-refractivity contribution in [1.29, 1.82) is 0 Å². The number of likely N-dealkylation sites (tertiary alicyclic amines) is 1. The van der Waals surface area contributed by atoms with E-state index in [0.29, 0.717) is 127 Å². The van der Waals surface area contributed by atoms with E-state index in [9.17, 15) is 46.8 Å². The number of para-hydroxylation sites is 1. The zero-order valence-corrected chi connectivity index (χ0v) is 63.7. The molecule has 5 aliphatic heterocycles. The van der Waals surface area contributed by atoms with Gasteiger partial charge in [0, 0.05) is 87.2 Å². The molecule has 4 saturated carbocycles. The molecule has 39 heteroatoms. The lowest BCUT2D eigenvalue weighted by atomic mass is 10.1. The average Bonchev–Trinajstić information content (AvgIpc) is 1.66. The molecule has 2 aromatic carbocycles. The summed E-state index contributed by atoms with van der Waals surface area (Å²) < 4.78 is 30.4. The molecule has 5 saturated heterocycles. The van der Waals surface area contributed by atoms with Crippen molar-refractivity contribution in [3.05, 3.63) is 136 Å². The molecule has 8 aromatic heterocycles. The molecule has 19 rings (SSSR count). The highest BCUT2D eigenvalue weighted by Crippen LogP contribution is 2.35. The number of fused-ring (bicyclic) bond motifs is 4. The van der Waals surface area contributed by atoms with Crippen molar-refractivity contribution in [2.45, 2.75) is 146 Å². The number of hydrogen-bond donors (Lipinski definition) is 11. The summed E-state index contributed by atoms with van der Waals surface area (Å²) in [5.74, 6) is 1.41. The maximum absolute atomic E-state index is 12.0. The summed E-state index contributed by atoms with van der Waals surface area (Å²) in [5.41, 5.74) is 7.69. The molecule has 38 nitrogen and oxygen atoms in total. The number of carbonyl (C=O) groups is 8. The molecule has 11 N–H and O–H groups in total. The Morgan fingerprint density at radius 1 is 0.461 bits per heavy atom. The van der Waals surface area contributed by atoms with Crippen LogP contribution in [0.5, 0.6) is 0 Å². The van der Waals surface area contributed by atoms with Gasteiger partial charge in [-0.15, -0.1) is 0 Å². The Bertz CT molecular complexity index is 5790. The van der Waals surface area contributed by atoms with Gasteiger partial charge in [0.15, 0.2) is 22.6 Å². The van der Waals surface area contributed by atoms with Crippen molar-refractivity contribution in [1.82, 2.24) is 104 Å². The van der Waals surface area contributed by atoms with Crippen molar-refractivity contribution in [2.75, 3.05) is 69.7 Å². The fraction of sp³-hybridized carbons (Fsp3) is 0.368. The molecule has 592 valence electrons. The third kappa shape index (κ3) is 18.4. The second-order valence-corrected chi connectivity index (χ2v) is 31.5. The van der Waals surface area contributed by atoms with E-state index in [2.05, 4.69) is 131 Å². The zero-order chi connectivity index (χ0) is 79.6. The third-order valence-corrected chi connectivity index (χ3v) is 20.9. The van der Waals surface area contributed by atoms with E-state index in [1.165, 1.54) is 55.6 Å². The van der Waals surface area contributed by atoms with Gasteiger partial charge in [0.25, 0.3) is 28.8 Å². The monoisotopic (exact) mass is 1580 g/mol. The van der Waals surface area contributed by atoms with E-state index in [1.807, 2.05) is 55.5 Å². The van der Waals surface area contributed by atoms with Crippen LogP contribution in [0.3, 0.4) is 0 Å². The van der Waals surface area contributed by atoms with E-state index in [0.717, 1.165) is 69.9 Å². The smallest absolute Gasteiger partial charge is 0.254 e. The molecule has 2 atom stereocenters. The zero-order valence-electron chi connectivity index (χ0n) is 62.9. The average molecular weight is 1580 g/mol. The molecule has 0 bridgehead atoms. The fourth-order valence-electron chi connectivity index (χ4n) is 13.3. The largest absolute Gasteiger partial charge is 0.354 e. The van der Waals surface area contributed by atoms with Crippen LogP contribution in [0.1, 0.15) is 144 Å². The highest BCUT2D eigenvalue weighted by Gasteiger charge is 2.34. The van der Waals surface area contributed by atoms with Gasteiger partial charge in [-0.25, -0.2) is 8.42 Å². The van der Waals surface area contributed by atoms with E-state index >= 15 is 0 Å². The van der Waals surface area contributed by atoms with Gasteiger partial charge in [-0.05, 0) is 152 Å². The SMILES string of the molecule is CC(Nc1nc(NC2CC2)n2ncc(/C=C3\CC(=O)NC3=O)c2n1)C1CC1.CC(Nc1nc(NC2CC2)n2ncc(/C=C3\CC(=O)NC3=O)c2n1)c1ccccc1.CS(=O)(=O)c1nc(Nc2ccccc2)n2ncc(/C=C3\CC(=O)NC3=O)c2n1.O=C1C/C(=C\c2cnn3c(NC4CC4)nc(NCCCN4CCCC4)nc23)C(=O)N1. The van der Waals surface area contributed by atoms with E-state index in [1.54, 1.807) is 62.5 Å². The van der Waals surface area contributed by atoms with Gasteiger partial charge in [-0.2, -0.15) is 78.3 Å². The molecule has 13 heterocycles. The first-order valence-corrected chi connectivity index (χ1v) is 40.1. The Labute approximate surface area is 656 Å². The normalized spacial score (nSPS) is 19.5. The molecule has 2 unspecified atom stereocenters. The first-order chi connectivity index (χ1) is 55.6. The van der Waals surface area contributed by atoms with Crippen LogP contribution in [0.4, 0.5) is 47.3 Å². The van der Waals surface area contributed by atoms with E-state index in [-0.39, 0.29) is 89.5 Å². The maximum Gasteiger partial charge on any atom is 0.254 e. The van der Waals surface area contributed by atoms with Crippen LogP contribution < -0.4 is 58.5 Å². The van der Waals surface area contributed by atoms with Gasteiger partial charge in [-0.3, -0.25) is 59.6 Å². The van der Waals surface area contributed by atoms with Gasteiger partial charge < -0.3 is 42.1 Å². The van der Waals surface area contributed by atoms with Crippen molar-refractivity contribution in [3.8, 4) is 0 Å². The first kappa shape index (κ1) is 75.7. The molecular formula is C76H82N28O10S. The standard InChI is InChI=1S/C21H21N7O2.C20H26N8O2.C18H21N7O2.C17H14N6O4S/c1-12(13-5-3-2-4-6-13)23-20-26-18-15(9-14-10-17(29)25-19(14)30)11-22-28(18)21(27-20)24-16-7-8-16;29-16-11-13(18(30)24-16)10-14-12-22-28-17(14)25-19(26-20(28)23-15-4-5-15)21-6-3-9-27-7-1-2-8-27;1-9(10-2-3-10)20-17-23-15-12(6-11-7-14(26)22-16(11)27)8-19-25(15)18(24-17)21-13-4-5-13;1-28(26,27)17-21-14-11(7-10-8-13(24)20-15(10)25)9-18-23(14)16(22-17)19-12-5-3-2-4-6-12/h2-6,9,11-12,16H,7-8,10H2,1H3,(H,25,29,30)(H2,23,24,26,27);10,12,15H,1-9,11H2,(H,24,29,30)(H2,21,23,25,26);6,8-10,13H,2-5,7H2,1H3,(H,22,26,27)(H2,20,21,23,24);2-7,9H,8H2,1H3,(H,19,21,22)(H,20,24,25)/b14-9+;13-10+;11-6+;10-7+. The second kappa shape index (κ2) is 32.4. The molecule has 0 spiro atoms. The van der Waals surface area contributed by atoms with Crippen LogP contribution in [-0.2, 0) is 48.2 Å². The minimum atomic E-state index is -3.71. The second-order valence-electron chi connectivity index (χ2n) is 29.6. The van der Waals surface area contributed by atoms with Crippen LogP contribution in [-0.4, -0.2) is 196 Å². The number of amides is 8. The Balaban J connectivity index is 0.000000115. The summed E-state index contributed by atoms with van der Waals surface area (Å²) >= 11 is 0. The number of anilines is 8. The molecular weight excluding hydrogens is 1500 g/mol.